The number of aryl methyl sites for hydroxylation is 2. The third-order valence-electron chi connectivity index (χ3n) is 7.13. The minimum absolute atomic E-state index is 0.615. The van der Waals surface area contributed by atoms with Crippen molar-refractivity contribution in [2.45, 2.75) is 38.6 Å². The van der Waals surface area contributed by atoms with Crippen LogP contribution in [-0.4, -0.2) is 47.9 Å². The van der Waals surface area contributed by atoms with Gasteiger partial charge in [0.2, 0.25) is 0 Å². The van der Waals surface area contributed by atoms with Gasteiger partial charge < -0.3 is 4.98 Å². The summed E-state index contributed by atoms with van der Waals surface area (Å²) >= 11 is 0. The van der Waals surface area contributed by atoms with Gasteiger partial charge in [-0.25, -0.2) is 4.98 Å². The molecular formula is C26H29N7. The van der Waals surface area contributed by atoms with Crippen molar-refractivity contribution in [2.24, 2.45) is 7.05 Å². The Kier molecular flexibility index (Phi) is 4.99. The SMILES string of the molecule is CCc1c(-c2ccnc3[nH]ncc23)[nH]c2ccc(C3CCN(Cc4cnn(C)c4)CC3)cc12. The van der Waals surface area contributed by atoms with Gasteiger partial charge in [-0.3, -0.25) is 14.7 Å². The Labute approximate surface area is 192 Å². The van der Waals surface area contributed by atoms with Crippen LogP contribution in [0.15, 0.2) is 49.1 Å². The fourth-order valence-corrected chi connectivity index (χ4v) is 5.42. The lowest BCUT2D eigenvalue weighted by atomic mass is 9.88. The first-order valence-corrected chi connectivity index (χ1v) is 11.8. The van der Waals surface area contributed by atoms with Gasteiger partial charge in [-0.15, -0.1) is 0 Å². The first-order chi connectivity index (χ1) is 16.2. The number of likely N-dealkylation sites (tertiary alicyclic amines) is 1. The number of pyridine rings is 1. The molecule has 5 aromatic rings. The first kappa shape index (κ1) is 20.2. The molecule has 0 unspecified atom stereocenters. The molecule has 0 radical (unpaired) electrons. The molecule has 5 heterocycles. The van der Waals surface area contributed by atoms with Gasteiger partial charge in [-0.2, -0.15) is 10.2 Å². The average Bonchev–Trinajstić information content (AvgIpc) is 3.56. The van der Waals surface area contributed by atoms with Crippen molar-refractivity contribution in [1.82, 2.24) is 34.8 Å². The number of benzene rings is 1. The normalized spacial score (nSPS) is 15.7. The summed E-state index contributed by atoms with van der Waals surface area (Å²) in [5.41, 5.74) is 8.51. The Bertz CT molecular complexity index is 1420. The maximum atomic E-state index is 4.41. The van der Waals surface area contributed by atoms with E-state index in [-0.39, 0.29) is 0 Å². The molecule has 0 saturated carbocycles. The van der Waals surface area contributed by atoms with Crippen LogP contribution in [0.5, 0.6) is 0 Å². The zero-order valence-electron chi connectivity index (χ0n) is 19.2. The van der Waals surface area contributed by atoms with Gasteiger partial charge in [-0.1, -0.05) is 13.0 Å². The molecule has 33 heavy (non-hydrogen) atoms. The van der Waals surface area contributed by atoms with E-state index in [0.29, 0.717) is 5.92 Å². The number of H-pyrrole nitrogens is 2. The number of rotatable bonds is 5. The molecule has 1 aliphatic heterocycles. The van der Waals surface area contributed by atoms with E-state index in [0.717, 1.165) is 42.7 Å². The van der Waals surface area contributed by atoms with Crippen molar-refractivity contribution in [2.75, 3.05) is 13.1 Å². The highest BCUT2D eigenvalue weighted by Gasteiger charge is 2.22. The van der Waals surface area contributed by atoms with E-state index in [1.54, 1.807) is 0 Å². The van der Waals surface area contributed by atoms with Gasteiger partial charge in [0, 0.05) is 53.4 Å². The fourth-order valence-electron chi connectivity index (χ4n) is 5.42. The second-order valence-electron chi connectivity index (χ2n) is 9.20. The Hall–Kier alpha value is -3.45. The highest BCUT2D eigenvalue weighted by Crippen LogP contribution is 2.37. The van der Waals surface area contributed by atoms with Gasteiger partial charge in [0.25, 0.3) is 0 Å². The van der Waals surface area contributed by atoms with Crippen LogP contribution in [-0.2, 0) is 20.0 Å². The van der Waals surface area contributed by atoms with Crippen molar-refractivity contribution >= 4 is 21.9 Å². The number of hydrogen-bond acceptors (Lipinski definition) is 4. The Morgan fingerprint density at radius 3 is 2.76 bits per heavy atom. The molecule has 0 bridgehead atoms. The van der Waals surface area contributed by atoms with Gasteiger partial charge in [-0.05, 0) is 67.6 Å². The summed E-state index contributed by atoms with van der Waals surface area (Å²) in [6.45, 7) is 5.50. The van der Waals surface area contributed by atoms with Crippen molar-refractivity contribution in [3.8, 4) is 11.3 Å². The van der Waals surface area contributed by atoms with Crippen molar-refractivity contribution < 1.29 is 0 Å². The molecule has 4 aromatic heterocycles. The first-order valence-electron chi connectivity index (χ1n) is 11.8. The summed E-state index contributed by atoms with van der Waals surface area (Å²) in [6, 6.07) is 9.11. The van der Waals surface area contributed by atoms with Crippen LogP contribution >= 0.6 is 0 Å². The molecule has 6 rings (SSSR count). The van der Waals surface area contributed by atoms with E-state index < -0.39 is 0 Å². The van der Waals surface area contributed by atoms with Crippen LogP contribution < -0.4 is 0 Å². The number of nitrogens with one attached hydrogen (secondary N) is 2. The van der Waals surface area contributed by atoms with Gasteiger partial charge in [0.05, 0.1) is 18.1 Å². The maximum Gasteiger partial charge on any atom is 0.155 e. The molecule has 0 amide bonds. The predicted molar refractivity (Wildman–Crippen MR) is 131 cm³/mol. The zero-order chi connectivity index (χ0) is 22.4. The molecule has 7 nitrogen and oxygen atoms in total. The second kappa shape index (κ2) is 8.15. The maximum absolute atomic E-state index is 4.41. The minimum Gasteiger partial charge on any atom is -0.354 e. The smallest absolute Gasteiger partial charge is 0.155 e. The Balaban J connectivity index is 1.27. The fraction of sp³-hybridized carbons (Fsp3) is 0.346. The lowest BCUT2D eigenvalue weighted by Gasteiger charge is -2.32. The summed E-state index contributed by atoms with van der Waals surface area (Å²) in [4.78, 5) is 10.7. The molecule has 0 atom stereocenters. The van der Waals surface area contributed by atoms with E-state index in [4.69, 9.17) is 0 Å². The molecule has 0 aliphatic carbocycles. The van der Waals surface area contributed by atoms with E-state index in [9.17, 15) is 0 Å². The summed E-state index contributed by atoms with van der Waals surface area (Å²) < 4.78 is 1.89. The quantitative estimate of drug-likeness (QED) is 0.413. The van der Waals surface area contributed by atoms with Crippen LogP contribution in [0.1, 0.15) is 42.4 Å². The number of aromatic amines is 2. The van der Waals surface area contributed by atoms with Crippen LogP contribution in [0.2, 0.25) is 0 Å². The van der Waals surface area contributed by atoms with E-state index in [2.05, 4.69) is 67.5 Å². The number of aromatic nitrogens is 6. The monoisotopic (exact) mass is 439 g/mol. The van der Waals surface area contributed by atoms with Gasteiger partial charge in [0.1, 0.15) is 0 Å². The standard InChI is InChI=1S/C26H29N7/c1-3-20-22-12-19(18-7-10-33(11-8-18)16-17-13-29-32(2)15-17)4-5-24(22)30-25(20)21-6-9-27-26-23(21)14-28-31-26/h4-6,9,12-15,18,30H,3,7-8,10-11,16H2,1-2H3,(H,27,28,31). The second-order valence-corrected chi connectivity index (χ2v) is 9.20. The largest absolute Gasteiger partial charge is 0.354 e. The van der Waals surface area contributed by atoms with Crippen LogP contribution in [0, 0.1) is 0 Å². The molecular weight excluding hydrogens is 410 g/mol. The summed E-state index contributed by atoms with van der Waals surface area (Å²) in [5, 5.41) is 13.9. The molecule has 1 aliphatic rings. The van der Waals surface area contributed by atoms with Crippen molar-refractivity contribution in [3.63, 3.8) is 0 Å². The number of piperidine rings is 1. The predicted octanol–water partition coefficient (Wildman–Crippen LogP) is 4.78. The molecule has 1 fully saturated rings. The van der Waals surface area contributed by atoms with Crippen molar-refractivity contribution in [3.05, 3.63) is 65.7 Å². The minimum atomic E-state index is 0.615. The summed E-state index contributed by atoms with van der Waals surface area (Å²) in [6.07, 6.45) is 11.2. The van der Waals surface area contributed by atoms with Crippen LogP contribution in [0.25, 0.3) is 33.2 Å². The molecule has 7 heteroatoms. The van der Waals surface area contributed by atoms with Crippen molar-refractivity contribution in [1.29, 1.82) is 0 Å². The van der Waals surface area contributed by atoms with E-state index in [1.807, 2.05) is 30.3 Å². The van der Waals surface area contributed by atoms with E-state index >= 15 is 0 Å². The topological polar surface area (TPSA) is 78.4 Å². The molecule has 2 N–H and O–H groups in total. The zero-order valence-corrected chi connectivity index (χ0v) is 19.2. The van der Waals surface area contributed by atoms with Gasteiger partial charge >= 0.3 is 0 Å². The average molecular weight is 440 g/mol. The van der Waals surface area contributed by atoms with Gasteiger partial charge in [0.15, 0.2) is 5.65 Å². The highest BCUT2D eigenvalue weighted by molar-refractivity contribution is 5.98. The lowest BCUT2D eigenvalue weighted by molar-refractivity contribution is 0.204. The Morgan fingerprint density at radius 1 is 1.09 bits per heavy atom. The van der Waals surface area contributed by atoms with Crippen LogP contribution in [0.4, 0.5) is 0 Å². The molecule has 1 saturated heterocycles. The number of hydrogen-bond donors (Lipinski definition) is 2. The third-order valence-corrected chi connectivity index (χ3v) is 7.13. The number of nitrogens with zero attached hydrogens (tertiary/aromatic N) is 5. The summed E-state index contributed by atoms with van der Waals surface area (Å²) in [5.74, 6) is 0.615. The van der Waals surface area contributed by atoms with E-state index in [1.165, 1.54) is 46.1 Å². The third kappa shape index (κ3) is 3.62. The Morgan fingerprint density at radius 2 is 1.97 bits per heavy atom. The molecule has 0 spiro atoms. The molecule has 168 valence electrons. The van der Waals surface area contributed by atoms with Crippen LogP contribution in [0.3, 0.4) is 0 Å². The lowest BCUT2D eigenvalue weighted by Crippen LogP contribution is -2.32. The highest BCUT2D eigenvalue weighted by atomic mass is 15.2. The molecule has 1 aromatic carbocycles. The number of fused-ring (bicyclic) bond motifs is 2. The summed E-state index contributed by atoms with van der Waals surface area (Å²) in [7, 11) is 1.98.